The highest BCUT2D eigenvalue weighted by atomic mass is 32.3. The van der Waals surface area contributed by atoms with Crippen molar-refractivity contribution >= 4 is 29.2 Å². The van der Waals surface area contributed by atoms with Crippen molar-refractivity contribution in [2.75, 3.05) is 25.7 Å². The van der Waals surface area contributed by atoms with Gasteiger partial charge in [-0.25, -0.2) is 0 Å². The molecule has 0 fully saturated rings. The summed E-state index contributed by atoms with van der Waals surface area (Å²) in [5.41, 5.74) is 0. The Bertz CT molecular complexity index is 380. The summed E-state index contributed by atoms with van der Waals surface area (Å²) >= 11 is 2.12. The third-order valence-corrected chi connectivity index (χ3v) is 8.31. The van der Waals surface area contributed by atoms with E-state index in [2.05, 4.69) is 51.6 Å². The van der Waals surface area contributed by atoms with Crippen molar-refractivity contribution in [1.29, 1.82) is 0 Å². The van der Waals surface area contributed by atoms with Gasteiger partial charge in [-0.3, -0.25) is 0 Å². The van der Waals surface area contributed by atoms with Crippen LogP contribution in [0.5, 0.6) is 0 Å². The maximum Gasteiger partial charge on any atom is 0.461 e. The zero-order valence-electron chi connectivity index (χ0n) is 19.1. The lowest BCUT2D eigenvalue weighted by Gasteiger charge is -2.40. The fourth-order valence-corrected chi connectivity index (χ4v) is 6.92. The molecular weight excluding hydrogens is 375 g/mol. The first-order valence-electron chi connectivity index (χ1n) is 10.7. The zero-order valence-corrected chi connectivity index (χ0v) is 20.7. The van der Waals surface area contributed by atoms with Gasteiger partial charge in [-0.1, -0.05) is 46.3 Å². The molecule has 1 rings (SSSR count). The minimum absolute atomic E-state index is 0.182. The van der Waals surface area contributed by atoms with E-state index in [1.165, 1.54) is 19.3 Å². The van der Waals surface area contributed by atoms with Crippen molar-refractivity contribution in [2.24, 2.45) is 0 Å². The van der Waals surface area contributed by atoms with Crippen molar-refractivity contribution < 1.29 is 13.9 Å². The van der Waals surface area contributed by atoms with Crippen LogP contribution in [0.1, 0.15) is 73.6 Å². The molecule has 1 N–H and O–H groups in total. The highest BCUT2D eigenvalue weighted by molar-refractivity contribution is 8.28. The van der Waals surface area contributed by atoms with E-state index in [1.807, 2.05) is 26.4 Å². The van der Waals surface area contributed by atoms with E-state index >= 15 is 0 Å². The Labute approximate surface area is 176 Å². The fraction of sp³-hybridized carbons (Fsp3) is 0.905. The molecule has 6 heteroatoms. The second kappa shape index (κ2) is 15.3. The Morgan fingerprint density at radius 3 is 2.00 bits per heavy atom. The van der Waals surface area contributed by atoms with Crippen molar-refractivity contribution in [3.8, 4) is 0 Å². The Morgan fingerprint density at radius 2 is 1.67 bits per heavy atom. The minimum atomic E-state index is -1.57. The summed E-state index contributed by atoms with van der Waals surface area (Å²) in [6.07, 6.45) is 14.5. The molecule has 1 aliphatic rings. The van der Waals surface area contributed by atoms with Gasteiger partial charge in [-0.05, 0) is 57.3 Å². The molecule has 27 heavy (non-hydrogen) atoms. The minimum Gasteiger partial charge on any atom is -0.411 e. The van der Waals surface area contributed by atoms with Crippen LogP contribution >= 0.6 is 22.1 Å². The summed E-state index contributed by atoms with van der Waals surface area (Å²) in [4.78, 5) is 0. The van der Waals surface area contributed by atoms with Gasteiger partial charge in [0.1, 0.15) is 0 Å². The lowest BCUT2D eigenvalue weighted by atomic mass is 9.67. The molecule has 3 unspecified atom stereocenters. The van der Waals surface area contributed by atoms with Crippen LogP contribution in [-0.4, -0.2) is 53.1 Å². The standard InChI is InChI=1S/C12H29BO3S.C9H16S/c1-7-11(12(8-2)17(5,6)14)13(15-9-3)16-10-4;1-8(2)10-9-6-4-3-5-7-9/h11-12,14H,7-10H2,1-6H3;3-4,8-9H,5-7H2,1-2H3. The number of hydrogen-bond donors (Lipinski definition) is 1. The normalized spacial score (nSPS) is 20.0. The first kappa shape index (κ1) is 27.4. The van der Waals surface area contributed by atoms with Gasteiger partial charge in [0.2, 0.25) is 0 Å². The van der Waals surface area contributed by atoms with Gasteiger partial charge in [0.05, 0.1) is 0 Å². The number of rotatable bonds is 11. The molecule has 0 saturated heterocycles. The van der Waals surface area contributed by atoms with Gasteiger partial charge >= 0.3 is 7.12 Å². The fourth-order valence-electron chi connectivity index (χ4n) is 3.67. The Kier molecular flexibility index (Phi) is 15.5. The van der Waals surface area contributed by atoms with Crippen LogP contribution in [0.3, 0.4) is 0 Å². The van der Waals surface area contributed by atoms with E-state index in [-0.39, 0.29) is 18.2 Å². The first-order valence-corrected chi connectivity index (χ1v) is 14.1. The maximum absolute atomic E-state index is 10.3. The molecule has 0 bridgehead atoms. The van der Waals surface area contributed by atoms with Crippen molar-refractivity contribution in [1.82, 2.24) is 0 Å². The molecule has 0 aromatic rings. The SMILES string of the molecule is CC(C)SC1CC=CCC1.CCOB(OCC)C(CC)C(CC)S(C)(C)O. The van der Waals surface area contributed by atoms with Crippen LogP contribution in [0.4, 0.5) is 0 Å². The number of hydrogen-bond acceptors (Lipinski definition) is 4. The van der Waals surface area contributed by atoms with E-state index in [4.69, 9.17) is 9.31 Å². The molecule has 0 amide bonds. The number of thioether (sulfide) groups is 1. The number of allylic oxidation sites excluding steroid dienone is 2. The Morgan fingerprint density at radius 1 is 1.07 bits per heavy atom. The van der Waals surface area contributed by atoms with Crippen molar-refractivity contribution in [3.05, 3.63) is 12.2 Å². The topological polar surface area (TPSA) is 38.7 Å². The van der Waals surface area contributed by atoms with E-state index < -0.39 is 10.3 Å². The molecule has 0 heterocycles. The van der Waals surface area contributed by atoms with Crippen molar-refractivity contribution in [3.63, 3.8) is 0 Å². The van der Waals surface area contributed by atoms with E-state index in [0.29, 0.717) is 13.2 Å². The third-order valence-electron chi connectivity index (χ3n) is 4.79. The Hall–Kier alpha value is 0.385. The quantitative estimate of drug-likeness (QED) is 0.292. The summed E-state index contributed by atoms with van der Waals surface area (Å²) in [5, 5.41) is 1.98. The van der Waals surface area contributed by atoms with Crippen LogP contribution in [0.15, 0.2) is 12.2 Å². The highest BCUT2D eigenvalue weighted by Gasteiger charge is 2.38. The first-order chi connectivity index (χ1) is 12.7. The van der Waals surface area contributed by atoms with E-state index in [1.54, 1.807) is 0 Å². The van der Waals surface area contributed by atoms with Crippen molar-refractivity contribution in [2.45, 2.75) is 95.2 Å². The van der Waals surface area contributed by atoms with Gasteiger partial charge in [0, 0.05) is 29.5 Å². The van der Waals surface area contributed by atoms with Gasteiger partial charge in [0.25, 0.3) is 0 Å². The molecule has 0 aliphatic heterocycles. The van der Waals surface area contributed by atoms with Gasteiger partial charge in [-0.15, -0.1) is 10.3 Å². The smallest absolute Gasteiger partial charge is 0.411 e. The highest BCUT2D eigenvalue weighted by Crippen LogP contribution is 2.49. The predicted octanol–water partition coefficient (Wildman–Crippen LogP) is 6.88. The molecule has 0 radical (unpaired) electrons. The van der Waals surface area contributed by atoms with Crippen LogP contribution in [-0.2, 0) is 9.31 Å². The third kappa shape index (κ3) is 11.9. The summed E-state index contributed by atoms with van der Waals surface area (Å²) < 4.78 is 21.7. The monoisotopic (exact) mass is 420 g/mol. The molecule has 0 spiro atoms. The molecule has 162 valence electrons. The molecule has 0 aromatic carbocycles. The van der Waals surface area contributed by atoms with Gasteiger partial charge in [-0.2, -0.15) is 11.8 Å². The maximum atomic E-state index is 10.3. The Balaban J connectivity index is 0.000000569. The molecule has 0 aromatic heterocycles. The summed E-state index contributed by atoms with van der Waals surface area (Å²) in [6, 6.07) is 0. The van der Waals surface area contributed by atoms with Crippen LogP contribution in [0.2, 0.25) is 5.82 Å². The zero-order chi connectivity index (χ0) is 20.9. The van der Waals surface area contributed by atoms with E-state index in [9.17, 15) is 4.55 Å². The average Bonchev–Trinajstić information content (AvgIpc) is 2.59. The molecule has 1 aliphatic carbocycles. The molecule has 3 nitrogen and oxygen atoms in total. The van der Waals surface area contributed by atoms with Gasteiger partial charge in [0.15, 0.2) is 0 Å². The summed E-state index contributed by atoms with van der Waals surface area (Å²) in [6.45, 7) is 14.1. The van der Waals surface area contributed by atoms with Gasteiger partial charge < -0.3 is 13.9 Å². The van der Waals surface area contributed by atoms with Crippen LogP contribution < -0.4 is 0 Å². The molecular formula is C21H45BO3S2. The summed E-state index contributed by atoms with van der Waals surface area (Å²) in [7, 11) is -1.75. The van der Waals surface area contributed by atoms with E-state index in [0.717, 1.165) is 23.3 Å². The van der Waals surface area contributed by atoms with Crippen LogP contribution in [0.25, 0.3) is 0 Å². The molecule has 3 atom stereocenters. The summed E-state index contributed by atoms with van der Waals surface area (Å²) in [5.74, 6) is 0.273. The average molecular weight is 421 g/mol. The van der Waals surface area contributed by atoms with Crippen LogP contribution in [0, 0.1) is 0 Å². The lowest BCUT2D eigenvalue weighted by molar-refractivity contribution is 0.201. The second-order valence-electron chi connectivity index (χ2n) is 7.74. The largest absolute Gasteiger partial charge is 0.461 e. The second-order valence-corrected chi connectivity index (χ2v) is 12.9. The lowest BCUT2D eigenvalue weighted by Crippen LogP contribution is -2.37. The molecule has 0 saturated carbocycles. The predicted molar refractivity (Wildman–Crippen MR) is 129 cm³/mol.